The van der Waals surface area contributed by atoms with E-state index >= 15 is 0 Å². The second-order valence-electron chi connectivity index (χ2n) is 7.69. The van der Waals surface area contributed by atoms with Crippen LogP contribution in [0.2, 0.25) is 0 Å². The highest BCUT2D eigenvalue weighted by molar-refractivity contribution is 7.92. The van der Waals surface area contributed by atoms with Crippen LogP contribution in [0.25, 0.3) is 0 Å². The molecule has 0 spiro atoms. The number of nitrogens with zero attached hydrogens (tertiary/aromatic N) is 1. The highest BCUT2D eigenvalue weighted by Gasteiger charge is 2.36. The van der Waals surface area contributed by atoms with E-state index in [2.05, 4.69) is 5.32 Å². The predicted octanol–water partition coefficient (Wildman–Crippen LogP) is 3.19. The summed E-state index contributed by atoms with van der Waals surface area (Å²) in [4.78, 5) is 13.0. The van der Waals surface area contributed by atoms with E-state index in [1.54, 1.807) is 66.7 Å². The molecule has 0 fully saturated rings. The molecule has 3 aromatic carbocycles. The highest BCUT2D eigenvalue weighted by atomic mass is 32.2. The molecule has 2 aliphatic rings. The second-order valence-corrected chi connectivity index (χ2v) is 9.59. The predicted molar refractivity (Wildman–Crippen MR) is 123 cm³/mol. The van der Waals surface area contributed by atoms with Crippen molar-refractivity contribution in [3.05, 3.63) is 78.4 Å². The van der Waals surface area contributed by atoms with Crippen LogP contribution in [0.5, 0.6) is 17.2 Å². The number of hydrogen-bond donors (Lipinski definition) is 1. The van der Waals surface area contributed by atoms with Crippen LogP contribution >= 0.6 is 0 Å². The van der Waals surface area contributed by atoms with Gasteiger partial charge in [-0.3, -0.25) is 9.10 Å². The second kappa shape index (κ2) is 8.67. The Kier molecular flexibility index (Phi) is 5.55. The van der Waals surface area contributed by atoms with Gasteiger partial charge in [0.25, 0.3) is 5.91 Å². The first-order valence-electron chi connectivity index (χ1n) is 10.5. The summed E-state index contributed by atoms with van der Waals surface area (Å²) in [6.07, 6.45) is -1.03. The number of benzene rings is 3. The van der Waals surface area contributed by atoms with Gasteiger partial charge in [-0.1, -0.05) is 42.5 Å². The molecule has 0 unspecified atom stereocenters. The minimum atomic E-state index is -3.76. The first-order valence-corrected chi connectivity index (χ1v) is 12.1. The van der Waals surface area contributed by atoms with Gasteiger partial charge >= 0.3 is 0 Å². The number of carbonyl (C=O) groups excluding carboxylic acids is 1. The zero-order chi connectivity index (χ0) is 22.8. The Morgan fingerprint density at radius 1 is 0.909 bits per heavy atom. The molecule has 0 bridgehead atoms. The summed E-state index contributed by atoms with van der Waals surface area (Å²) in [6, 6.07) is 20.8. The molecule has 0 saturated heterocycles. The van der Waals surface area contributed by atoms with Gasteiger partial charge in [-0.2, -0.15) is 0 Å². The third-order valence-electron chi connectivity index (χ3n) is 5.36. The maximum absolute atomic E-state index is 13.3. The molecule has 9 heteroatoms. The normalized spacial score (nSPS) is 17.0. The number of anilines is 2. The maximum atomic E-state index is 13.3. The van der Waals surface area contributed by atoms with E-state index in [1.807, 2.05) is 6.07 Å². The van der Waals surface area contributed by atoms with Crippen molar-refractivity contribution in [2.75, 3.05) is 29.4 Å². The minimum Gasteiger partial charge on any atom is -0.486 e. The Hall–Kier alpha value is -3.72. The molecule has 0 saturated carbocycles. The average molecular weight is 467 g/mol. The largest absolute Gasteiger partial charge is 0.486 e. The third kappa shape index (κ3) is 4.45. The Morgan fingerprint density at radius 2 is 1.64 bits per heavy atom. The van der Waals surface area contributed by atoms with Crippen LogP contribution in [-0.4, -0.2) is 40.2 Å². The molecule has 33 heavy (non-hydrogen) atoms. The first-order chi connectivity index (χ1) is 16.0. The number of sulfonamides is 1. The van der Waals surface area contributed by atoms with Gasteiger partial charge in [0.15, 0.2) is 17.6 Å². The van der Waals surface area contributed by atoms with E-state index in [4.69, 9.17) is 14.2 Å². The minimum absolute atomic E-state index is 0.136. The zero-order valence-electron chi connectivity index (χ0n) is 17.6. The Balaban J connectivity index is 1.39. The molecule has 0 aromatic heterocycles. The fraction of sp³-hybridized carbons (Fsp3) is 0.208. The lowest BCUT2D eigenvalue weighted by atomic mass is 10.2. The van der Waals surface area contributed by atoms with Crippen LogP contribution in [0.3, 0.4) is 0 Å². The fourth-order valence-electron chi connectivity index (χ4n) is 3.81. The number of hydrogen-bond acceptors (Lipinski definition) is 6. The highest BCUT2D eigenvalue weighted by Crippen LogP contribution is 2.36. The van der Waals surface area contributed by atoms with Gasteiger partial charge in [0.1, 0.15) is 19.0 Å². The van der Waals surface area contributed by atoms with Crippen LogP contribution < -0.4 is 23.8 Å². The monoisotopic (exact) mass is 466 g/mol. The van der Waals surface area contributed by atoms with Gasteiger partial charge in [0.2, 0.25) is 10.0 Å². The maximum Gasteiger partial charge on any atom is 0.267 e. The Bertz CT molecular complexity index is 1280. The molecule has 1 N–H and O–H groups in total. The standard InChI is InChI=1S/C24H22N2O6S/c27-24(25-18-10-11-21-22(14-18)31-13-12-30-21)23-15-26(19-8-4-5-9-20(19)32-23)33(28,29)16-17-6-2-1-3-7-17/h1-11,14,23H,12-13,15-16H2,(H,25,27)/t23-/m1/s1. The van der Waals surface area contributed by atoms with Crippen molar-refractivity contribution in [3.63, 3.8) is 0 Å². The quantitative estimate of drug-likeness (QED) is 0.621. The van der Waals surface area contributed by atoms with Crippen LogP contribution in [-0.2, 0) is 20.6 Å². The molecular formula is C24H22N2O6S. The lowest BCUT2D eigenvalue weighted by Gasteiger charge is -2.34. The van der Waals surface area contributed by atoms with E-state index in [-0.39, 0.29) is 12.3 Å². The van der Waals surface area contributed by atoms with Crippen molar-refractivity contribution in [1.82, 2.24) is 0 Å². The first kappa shape index (κ1) is 21.1. The smallest absolute Gasteiger partial charge is 0.267 e. The summed E-state index contributed by atoms with van der Waals surface area (Å²) >= 11 is 0. The molecule has 2 heterocycles. The fourth-order valence-corrected chi connectivity index (χ4v) is 5.39. The SMILES string of the molecule is O=C(Nc1ccc2c(c1)OCCO2)[C@H]1CN(S(=O)(=O)Cc2ccccc2)c2ccccc2O1. The topological polar surface area (TPSA) is 94.2 Å². The van der Waals surface area contributed by atoms with Crippen molar-refractivity contribution in [3.8, 4) is 17.2 Å². The number of nitrogens with one attached hydrogen (secondary N) is 1. The third-order valence-corrected chi connectivity index (χ3v) is 7.08. The molecule has 0 aliphatic carbocycles. The summed E-state index contributed by atoms with van der Waals surface area (Å²) in [5, 5.41) is 2.79. The summed E-state index contributed by atoms with van der Waals surface area (Å²) in [5.41, 5.74) is 1.58. The van der Waals surface area contributed by atoms with E-state index < -0.39 is 22.0 Å². The Morgan fingerprint density at radius 3 is 2.45 bits per heavy atom. The molecule has 1 atom stereocenters. The molecule has 8 nitrogen and oxygen atoms in total. The lowest BCUT2D eigenvalue weighted by molar-refractivity contribution is -0.122. The van der Waals surface area contributed by atoms with Gasteiger partial charge in [0, 0.05) is 11.8 Å². The molecule has 170 valence electrons. The van der Waals surface area contributed by atoms with Gasteiger partial charge < -0.3 is 19.5 Å². The van der Waals surface area contributed by atoms with Crippen LogP contribution in [0.1, 0.15) is 5.56 Å². The van der Waals surface area contributed by atoms with Crippen LogP contribution in [0.15, 0.2) is 72.8 Å². The van der Waals surface area contributed by atoms with Crippen LogP contribution in [0, 0.1) is 0 Å². The number of para-hydroxylation sites is 2. The molecule has 5 rings (SSSR count). The van der Waals surface area contributed by atoms with Crippen molar-refractivity contribution in [2.24, 2.45) is 0 Å². The number of carbonyl (C=O) groups is 1. The number of fused-ring (bicyclic) bond motifs is 2. The van der Waals surface area contributed by atoms with Gasteiger partial charge in [-0.25, -0.2) is 8.42 Å². The molecule has 3 aromatic rings. The van der Waals surface area contributed by atoms with E-state index in [1.165, 1.54) is 4.31 Å². The molecular weight excluding hydrogens is 444 g/mol. The van der Waals surface area contributed by atoms with E-state index in [0.29, 0.717) is 47.4 Å². The number of ether oxygens (including phenoxy) is 3. The van der Waals surface area contributed by atoms with Crippen molar-refractivity contribution >= 4 is 27.3 Å². The van der Waals surface area contributed by atoms with Crippen LogP contribution in [0.4, 0.5) is 11.4 Å². The average Bonchev–Trinajstić information content (AvgIpc) is 2.83. The summed E-state index contributed by atoms with van der Waals surface area (Å²) < 4.78 is 44.8. The Labute approximate surface area is 191 Å². The summed E-state index contributed by atoms with van der Waals surface area (Å²) in [6.45, 7) is 0.769. The van der Waals surface area contributed by atoms with Crippen molar-refractivity contribution in [2.45, 2.75) is 11.9 Å². The molecule has 1 amide bonds. The van der Waals surface area contributed by atoms with E-state index in [9.17, 15) is 13.2 Å². The summed E-state index contributed by atoms with van der Waals surface area (Å²) in [7, 11) is -3.76. The summed E-state index contributed by atoms with van der Waals surface area (Å²) in [5.74, 6) is 0.851. The van der Waals surface area contributed by atoms with Gasteiger partial charge in [-0.15, -0.1) is 0 Å². The van der Waals surface area contributed by atoms with Gasteiger partial charge in [-0.05, 0) is 29.8 Å². The number of amides is 1. The van der Waals surface area contributed by atoms with Crippen molar-refractivity contribution < 1.29 is 27.4 Å². The van der Waals surface area contributed by atoms with Gasteiger partial charge in [0.05, 0.1) is 18.0 Å². The number of rotatable bonds is 5. The lowest BCUT2D eigenvalue weighted by Crippen LogP contribution is -2.49. The molecule has 2 aliphatic heterocycles. The zero-order valence-corrected chi connectivity index (χ0v) is 18.5. The van der Waals surface area contributed by atoms with E-state index in [0.717, 1.165) is 0 Å². The van der Waals surface area contributed by atoms with Crippen molar-refractivity contribution in [1.29, 1.82) is 0 Å². The molecule has 0 radical (unpaired) electrons.